The zero-order chi connectivity index (χ0) is 12.1. The maximum absolute atomic E-state index is 5.92. The summed E-state index contributed by atoms with van der Waals surface area (Å²) in [5.74, 6) is 0.559. The number of pyridine rings is 1. The smallest absolute Gasteiger partial charge is 0.213 e. The van der Waals surface area contributed by atoms with Gasteiger partial charge in [0, 0.05) is 19.2 Å². The van der Waals surface area contributed by atoms with Gasteiger partial charge in [-0.15, -0.1) is 0 Å². The van der Waals surface area contributed by atoms with Crippen molar-refractivity contribution in [3.05, 3.63) is 22.8 Å². The average molecular weight is 257 g/mol. The monoisotopic (exact) mass is 256 g/mol. The molecule has 2 N–H and O–H groups in total. The number of hydrogen-bond donors (Lipinski definition) is 1. The molecule has 0 aromatic carbocycles. The predicted molar refractivity (Wildman–Crippen MR) is 66.2 cm³/mol. The first-order valence-electron chi connectivity index (χ1n) is 5.89. The predicted octanol–water partition coefficient (Wildman–Crippen LogP) is 2.14. The fraction of sp³-hybridized carbons (Fsp3) is 0.583. The Hall–Kier alpha value is -0.840. The molecule has 1 saturated heterocycles. The van der Waals surface area contributed by atoms with Crippen LogP contribution in [0.1, 0.15) is 25.0 Å². The summed E-state index contributed by atoms with van der Waals surface area (Å²) in [6.07, 6.45) is 3.59. The molecule has 0 saturated carbocycles. The normalized spacial score (nSPS) is 20.2. The third kappa shape index (κ3) is 3.56. The van der Waals surface area contributed by atoms with E-state index in [2.05, 4.69) is 4.98 Å². The number of rotatable bonds is 4. The van der Waals surface area contributed by atoms with Gasteiger partial charge in [0.15, 0.2) is 0 Å². The van der Waals surface area contributed by atoms with E-state index >= 15 is 0 Å². The van der Waals surface area contributed by atoms with Gasteiger partial charge in [-0.2, -0.15) is 0 Å². The molecular formula is C12H17ClN2O2. The Labute approximate surface area is 106 Å². The van der Waals surface area contributed by atoms with Crippen LogP contribution in [0.15, 0.2) is 12.1 Å². The third-order valence-corrected chi connectivity index (χ3v) is 3.12. The van der Waals surface area contributed by atoms with Gasteiger partial charge in [-0.05, 0) is 25.3 Å². The Balaban J connectivity index is 1.89. The van der Waals surface area contributed by atoms with Crippen LogP contribution in [-0.2, 0) is 11.3 Å². The van der Waals surface area contributed by atoms with E-state index in [-0.39, 0.29) is 6.10 Å². The van der Waals surface area contributed by atoms with Gasteiger partial charge in [0.1, 0.15) is 6.61 Å². The van der Waals surface area contributed by atoms with Crippen molar-refractivity contribution in [3.8, 4) is 5.88 Å². The molecular weight excluding hydrogens is 240 g/mol. The van der Waals surface area contributed by atoms with Gasteiger partial charge in [0.05, 0.1) is 16.8 Å². The summed E-state index contributed by atoms with van der Waals surface area (Å²) in [5, 5.41) is 0.578. The Morgan fingerprint density at radius 3 is 3.06 bits per heavy atom. The first-order valence-corrected chi connectivity index (χ1v) is 6.27. The van der Waals surface area contributed by atoms with Crippen LogP contribution in [0.5, 0.6) is 5.88 Å². The van der Waals surface area contributed by atoms with Crippen molar-refractivity contribution >= 4 is 11.6 Å². The maximum atomic E-state index is 5.92. The topological polar surface area (TPSA) is 57.4 Å². The quantitative estimate of drug-likeness (QED) is 0.897. The molecule has 1 aliphatic heterocycles. The summed E-state index contributed by atoms with van der Waals surface area (Å²) in [6.45, 7) is 1.69. The highest BCUT2D eigenvalue weighted by molar-refractivity contribution is 6.31. The average Bonchev–Trinajstić information content (AvgIpc) is 2.39. The van der Waals surface area contributed by atoms with Crippen LogP contribution in [0, 0.1) is 0 Å². The summed E-state index contributed by atoms with van der Waals surface area (Å²) in [5.41, 5.74) is 6.19. The number of halogens is 1. The van der Waals surface area contributed by atoms with Crippen LogP contribution in [0.4, 0.5) is 0 Å². The molecule has 4 nitrogen and oxygen atoms in total. The van der Waals surface area contributed by atoms with Crippen LogP contribution < -0.4 is 10.5 Å². The van der Waals surface area contributed by atoms with Gasteiger partial charge < -0.3 is 15.2 Å². The molecule has 0 radical (unpaired) electrons. The Morgan fingerprint density at radius 1 is 1.47 bits per heavy atom. The van der Waals surface area contributed by atoms with Gasteiger partial charge >= 0.3 is 0 Å². The molecule has 1 aliphatic rings. The van der Waals surface area contributed by atoms with Crippen molar-refractivity contribution in [2.24, 2.45) is 5.73 Å². The van der Waals surface area contributed by atoms with E-state index in [1.165, 1.54) is 6.42 Å². The number of nitrogens with zero attached hydrogens (tertiary/aromatic N) is 1. The molecule has 1 fully saturated rings. The van der Waals surface area contributed by atoms with Crippen LogP contribution in [-0.4, -0.2) is 24.3 Å². The summed E-state index contributed by atoms with van der Waals surface area (Å²) in [4.78, 5) is 4.24. The third-order valence-electron chi connectivity index (χ3n) is 2.78. The van der Waals surface area contributed by atoms with Crippen LogP contribution >= 0.6 is 11.6 Å². The van der Waals surface area contributed by atoms with Gasteiger partial charge in [0.2, 0.25) is 5.88 Å². The maximum Gasteiger partial charge on any atom is 0.213 e. The summed E-state index contributed by atoms with van der Waals surface area (Å²) >= 11 is 5.92. The first-order chi connectivity index (χ1) is 8.29. The van der Waals surface area contributed by atoms with Crippen molar-refractivity contribution in [1.29, 1.82) is 0 Å². The van der Waals surface area contributed by atoms with E-state index in [4.69, 9.17) is 26.8 Å². The molecule has 0 amide bonds. The Morgan fingerprint density at radius 2 is 2.35 bits per heavy atom. The molecule has 17 heavy (non-hydrogen) atoms. The van der Waals surface area contributed by atoms with E-state index in [9.17, 15) is 0 Å². The van der Waals surface area contributed by atoms with Crippen LogP contribution in [0.2, 0.25) is 5.02 Å². The second-order valence-electron chi connectivity index (χ2n) is 4.08. The fourth-order valence-corrected chi connectivity index (χ4v) is 1.99. The lowest BCUT2D eigenvalue weighted by Gasteiger charge is -2.22. The number of nitrogens with two attached hydrogens (primary N) is 1. The first kappa shape index (κ1) is 12.6. The summed E-state index contributed by atoms with van der Waals surface area (Å²) in [7, 11) is 0. The molecule has 2 heterocycles. The molecule has 2 rings (SSSR count). The van der Waals surface area contributed by atoms with E-state index in [0.29, 0.717) is 29.7 Å². The molecule has 1 aromatic heterocycles. The molecule has 0 spiro atoms. The van der Waals surface area contributed by atoms with Gasteiger partial charge in [-0.1, -0.05) is 11.6 Å². The Bertz CT molecular complexity index is 368. The number of aromatic nitrogens is 1. The van der Waals surface area contributed by atoms with E-state index in [1.54, 1.807) is 12.1 Å². The second kappa shape index (κ2) is 6.19. The highest BCUT2D eigenvalue weighted by Gasteiger charge is 2.14. The SMILES string of the molecule is NCc1nc(OCC2CCCCO2)ccc1Cl. The van der Waals surface area contributed by atoms with Gasteiger partial charge in [-0.3, -0.25) is 0 Å². The minimum Gasteiger partial charge on any atom is -0.475 e. The molecule has 94 valence electrons. The molecule has 1 aromatic rings. The molecule has 1 atom stereocenters. The van der Waals surface area contributed by atoms with E-state index < -0.39 is 0 Å². The van der Waals surface area contributed by atoms with Crippen molar-refractivity contribution < 1.29 is 9.47 Å². The number of ether oxygens (including phenoxy) is 2. The zero-order valence-electron chi connectivity index (χ0n) is 9.69. The van der Waals surface area contributed by atoms with Crippen molar-refractivity contribution in [2.45, 2.75) is 31.9 Å². The highest BCUT2D eigenvalue weighted by Crippen LogP contribution is 2.19. The van der Waals surface area contributed by atoms with Crippen molar-refractivity contribution in [2.75, 3.05) is 13.2 Å². The highest BCUT2D eigenvalue weighted by atomic mass is 35.5. The largest absolute Gasteiger partial charge is 0.475 e. The summed E-state index contributed by atoms with van der Waals surface area (Å²) in [6, 6.07) is 3.51. The molecule has 5 heteroatoms. The molecule has 0 bridgehead atoms. The lowest BCUT2D eigenvalue weighted by molar-refractivity contribution is -0.0119. The van der Waals surface area contributed by atoms with Crippen LogP contribution in [0.3, 0.4) is 0 Å². The fourth-order valence-electron chi connectivity index (χ4n) is 1.81. The van der Waals surface area contributed by atoms with Crippen molar-refractivity contribution in [1.82, 2.24) is 4.98 Å². The molecule has 0 aliphatic carbocycles. The lowest BCUT2D eigenvalue weighted by Crippen LogP contribution is -2.26. The second-order valence-corrected chi connectivity index (χ2v) is 4.49. The summed E-state index contributed by atoms with van der Waals surface area (Å²) < 4.78 is 11.2. The molecule has 1 unspecified atom stereocenters. The minimum atomic E-state index is 0.183. The van der Waals surface area contributed by atoms with E-state index in [1.807, 2.05) is 0 Å². The zero-order valence-corrected chi connectivity index (χ0v) is 10.4. The van der Waals surface area contributed by atoms with E-state index in [0.717, 1.165) is 19.4 Å². The lowest BCUT2D eigenvalue weighted by atomic mass is 10.1. The van der Waals surface area contributed by atoms with Crippen molar-refractivity contribution in [3.63, 3.8) is 0 Å². The van der Waals surface area contributed by atoms with Gasteiger partial charge in [-0.25, -0.2) is 4.98 Å². The standard InChI is InChI=1S/C12H17ClN2O2/c13-10-4-5-12(15-11(10)7-14)17-8-9-3-1-2-6-16-9/h4-5,9H,1-3,6-8,14H2. The minimum absolute atomic E-state index is 0.183. The number of hydrogen-bond acceptors (Lipinski definition) is 4. The Kier molecular flexibility index (Phi) is 4.59. The van der Waals surface area contributed by atoms with Crippen LogP contribution in [0.25, 0.3) is 0 Å². The van der Waals surface area contributed by atoms with Gasteiger partial charge in [0.25, 0.3) is 0 Å².